The fraction of sp³-hybridized carbons (Fsp3) is 0.650. The van der Waals surface area contributed by atoms with Gasteiger partial charge in [0.2, 0.25) is 0 Å². The van der Waals surface area contributed by atoms with Gasteiger partial charge in [0.15, 0.2) is 6.29 Å². The Morgan fingerprint density at radius 1 is 1.26 bits per heavy atom. The number of rotatable bonds is 10. The summed E-state index contributed by atoms with van der Waals surface area (Å²) in [7, 11) is 1.57. The van der Waals surface area contributed by atoms with Crippen molar-refractivity contribution in [3.63, 3.8) is 0 Å². The van der Waals surface area contributed by atoms with Crippen LogP contribution in [0.3, 0.4) is 0 Å². The van der Waals surface area contributed by atoms with Gasteiger partial charge in [0.05, 0.1) is 28.2 Å². The number of nitrogens with zero attached hydrogens (tertiary/aromatic N) is 3. The third-order valence-electron chi connectivity index (χ3n) is 4.20. The standard InChI is InChI=1S/C20H32BrN5O5/c1-7-29-18(30-8-2)15-14(21)13-16(22)23-11-24-17(13)26(15)9-12(10-28-6)25-19(27)31-20(3,4)5/h11-12,18H,7-10H2,1-6H3,(H,25,27)(H2,22,23,24). The van der Waals surface area contributed by atoms with E-state index in [1.54, 1.807) is 27.9 Å². The molecular formula is C20H32BrN5O5. The number of amides is 1. The lowest BCUT2D eigenvalue weighted by atomic mass is 10.2. The van der Waals surface area contributed by atoms with Gasteiger partial charge in [-0.15, -0.1) is 0 Å². The first kappa shape index (κ1) is 25.3. The molecule has 1 atom stereocenters. The molecule has 0 aliphatic carbocycles. The molecule has 0 fully saturated rings. The summed E-state index contributed by atoms with van der Waals surface area (Å²) in [6.45, 7) is 10.7. The van der Waals surface area contributed by atoms with Crippen LogP contribution in [0.15, 0.2) is 10.8 Å². The zero-order valence-electron chi connectivity index (χ0n) is 18.9. The highest BCUT2D eigenvalue weighted by molar-refractivity contribution is 9.10. The molecule has 0 aliphatic rings. The number of halogens is 1. The number of alkyl carbamates (subject to hydrolysis) is 1. The molecule has 0 saturated heterocycles. The largest absolute Gasteiger partial charge is 0.444 e. The Bertz CT molecular complexity index is 877. The fourth-order valence-electron chi connectivity index (χ4n) is 3.13. The number of aromatic nitrogens is 3. The molecular weight excluding hydrogens is 470 g/mol. The first-order valence-electron chi connectivity index (χ1n) is 10.1. The molecule has 3 N–H and O–H groups in total. The zero-order valence-corrected chi connectivity index (χ0v) is 20.5. The number of hydrogen-bond donors (Lipinski definition) is 2. The monoisotopic (exact) mass is 501 g/mol. The van der Waals surface area contributed by atoms with Crippen LogP contribution in [0.1, 0.15) is 46.6 Å². The quantitative estimate of drug-likeness (QED) is 0.474. The van der Waals surface area contributed by atoms with Crippen molar-refractivity contribution in [2.45, 2.75) is 59.1 Å². The van der Waals surface area contributed by atoms with Gasteiger partial charge < -0.3 is 34.6 Å². The van der Waals surface area contributed by atoms with E-state index < -0.39 is 24.0 Å². The van der Waals surface area contributed by atoms with Crippen LogP contribution in [0.25, 0.3) is 11.0 Å². The third kappa shape index (κ3) is 6.52. The molecule has 1 unspecified atom stereocenters. The normalized spacial score (nSPS) is 13.0. The molecule has 1 amide bonds. The van der Waals surface area contributed by atoms with Crippen LogP contribution in [-0.2, 0) is 25.5 Å². The first-order chi connectivity index (χ1) is 14.6. The van der Waals surface area contributed by atoms with E-state index in [4.69, 9.17) is 24.7 Å². The highest BCUT2D eigenvalue weighted by Crippen LogP contribution is 2.38. The van der Waals surface area contributed by atoms with E-state index in [9.17, 15) is 4.79 Å². The lowest BCUT2D eigenvalue weighted by Gasteiger charge is -2.25. The van der Waals surface area contributed by atoms with Gasteiger partial charge in [-0.1, -0.05) is 0 Å². The Balaban J connectivity index is 2.51. The second kappa shape index (κ2) is 11.1. The average Bonchev–Trinajstić information content (AvgIpc) is 2.93. The average molecular weight is 502 g/mol. The summed E-state index contributed by atoms with van der Waals surface area (Å²) < 4.78 is 25.0. The van der Waals surface area contributed by atoms with Crippen LogP contribution in [0.4, 0.5) is 10.6 Å². The van der Waals surface area contributed by atoms with Crippen molar-refractivity contribution in [2.75, 3.05) is 32.7 Å². The molecule has 0 radical (unpaired) electrons. The predicted molar refractivity (Wildman–Crippen MR) is 121 cm³/mol. The van der Waals surface area contributed by atoms with Crippen LogP contribution in [0, 0.1) is 0 Å². The highest BCUT2D eigenvalue weighted by Gasteiger charge is 2.29. The smallest absolute Gasteiger partial charge is 0.408 e. The van der Waals surface area contributed by atoms with Crippen molar-refractivity contribution in [1.82, 2.24) is 19.9 Å². The summed E-state index contributed by atoms with van der Waals surface area (Å²) in [5.74, 6) is 0.326. The second-order valence-electron chi connectivity index (χ2n) is 7.81. The minimum Gasteiger partial charge on any atom is -0.444 e. The molecule has 0 bridgehead atoms. The number of fused-ring (bicyclic) bond motifs is 1. The van der Waals surface area contributed by atoms with Crippen LogP contribution in [0.2, 0.25) is 0 Å². The molecule has 174 valence electrons. The lowest BCUT2D eigenvalue weighted by Crippen LogP contribution is -2.44. The fourth-order valence-corrected chi connectivity index (χ4v) is 3.91. The summed E-state index contributed by atoms with van der Waals surface area (Å²) in [5, 5.41) is 3.51. The molecule has 0 aromatic carbocycles. The predicted octanol–water partition coefficient (Wildman–Crippen LogP) is 3.39. The molecule has 2 aromatic heterocycles. The second-order valence-corrected chi connectivity index (χ2v) is 8.60. The number of ether oxygens (including phenoxy) is 4. The third-order valence-corrected chi connectivity index (χ3v) is 5.00. The molecule has 31 heavy (non-hydrogen) atoms. The van der Waals surface area contributed by atoms with Crippen LogP contribution in [-0.4, -0.2) is 59.2 Å². The minimum absolute atomic E-state index is 0.254. The molecule has 2 heterocycles. The van der Waals surface area contributed by atoms with Gasteiger partial charge in [0.1, 0.15) is 23.4 Å². The number of carbonyl (C=O) groups is 1. The lowest BCUT2D eigenvalue weighted by molar-refractivity contribution is -0.144. The van der Waals surface area contributed by atoms with Gasteiger partial charge in [0.25, 0.3) is 0 Å². The van der Waals surface area contributed by atoms with Crippen molar-refractivity contribution in [2.24, 2.45) is 0 Å². The van der Waals surface area contributed by atoms with E-state index in [0.717, 1.165) is 0 Å². The zero-order chi connectivity index (χ0) is 23.2. The Kier molecular flexibility index (Phi) is 9.04. The Morgan fingerprint density at radius 3 is 2.45 bits per heavy atom. The molecule has 11 heteroatoms. The SMILES string of the molecule is CCOC(OCC)c1c(Br)c2c(N)ncnc2n1CC(COC)NC(=O)OC(C)(C)C. The van der Waals surface area contributed by atoms with Crippen LogP contribution < -0.4 is 11.1 Å². The molecule has 0 spiro atoms. The summed E-state index contributed by atoms with van der Waals surface area (Å²) in [4.78, 5) is 20.9. The van der Waals surface area contributed by atoms with Crippen molar-refractivity contribution in [3.8, 4) is 0 Å². The van der Waals surface area contributed by atoms with E-state index in [1.807, 2.05) is 18.4 Å². The van der Waals surface area contributed by atoms with Gasteiger partial charge >= 0.3 is 6.09 Å². The van der Waals surface area contributed by atoms with E-state index >= 15 is 0 Å². The maximum Gasteiger partial charge on any atom is 0.408 e. The van der Waals surface area contributed by atoms with E-state index in [1.165, 1.54) is 6.33 Å². The number of nitrogens with two attached hydrogens (primary N) is 1. The number of carbonyl (C=O) groups excluding carboxylic acids is 1. The summed E-state index contributed by atoms with van der Waals surface area (Å²) in [5.41, 5.74) is 6.80. The number of methoxy groups -OCH3 is 1. The highest BCUT2D eigenvalue weighted by atomic mass is 79.9. The maximum atomic E-state index is 12.4. The number of anilines is 1. The summed E-state index contributed by atoms with van der Waals surface area (Å²) in [6.07, 6.45) is 0.197. The molecule has 2 rings (SSSR count). The first-order valence-corrected chi connectivity index (χ1v) is 10.9. The summed E-state index contributed by atoms with van der Waals surface area (Å²) >= 11 is 3.63. The summed E-state index contributed by atoms with van der Waals surface area (Å²) in [6, 6.07) is -0.416. The van der Waals surface area contributed by atoms with E-state index in [2.05, 4.69) is 31.2 Å². The minimum atomic E-state index is -0.664. The van der Waals surface area contributed by atoms with E-state index in [0.29, 0.717) is 46.8 Å². The van der Waals surface area contributed by atoms with Gasteiger partial charge in [-0.3, -0.25) is 0 Å². The van der Waals surface area contributed by atoms with Gasteiger partial charge in [-0.05, 0) is 50.5 Å². The number of nitrogens with one attached hydrogen (secondary N) is 1. The van der Waals surface area contributed by atoms with Crippen LogP contribution >= 0.6 is 15.9 Å². The van der Waals surface area contributed by atoms with Gasteiger partial charge in [0, 0.05) is 26.9 Å². The Morgan fingerprint density at radius 2 is 1.90 bits per heavy atom. The van der Waals surface area contributed by atoms with E-state index in [-0.39, 0.29) is 6.61 Å². The van der Waals surface area contributed by atoms with Crippen molar-refractivity contribution in [3.05, 3.63) is 16.5 Å². The van der Waals surface area contributed by atoms with Crippen LogP contribution in [0.5, 0.6) is 0 Å². The van der Waals surface area contributed by atoms with Crippen molar-refractivity contribution >= 4 is 38.9 Å². The van der Waals surface area contributed by atoms with Crippen molar-refractivity contribution < 1.29 is 23.7 Å². The molecule has 0 saturated carbocycles. The van der Waals surface area contributed by atoms with Gasteiger partial charge in [-0.2, -0.15) is 0 Å². The molecule has 10 nitrogen and oxygen atoms in total. The van der Waals surface area contributed by atoms with Crippen molar-refractivity contribution in [1.29, 1.82) is 0 Å². The topological polar surface area (TPSA) is 123 Å². The number of hydrogen-bond acceptors (Lipinski definition) is 8. The number of nitrogen functional groups attached to an aromatic ring is 1. The Hall–Kier alpha value is -1.95. The molecule has 2 aromatic rings. The Labute approximate surface area is 190 Å². The maximum absolute atomic E-state index is 12.4. The van der Waals surface area contributed by atoms with Gasteiger partial charge in [-0.25, -0.2) is 14.8 Å². The molecule has 0 aliphatic heterocycles.